The topological polar surface area (TPSA) is 74.7 Å². The van der Waals surface area contributed by atoms with Crippen LogP contribution in [0.2, 0.25) is 5.02 Å². The van der Waals surface area contributed by atoms with Crippen LogP contribution in [0.5, 0.6) is 23.0 Å². The Bertz CT molecular complexity index is 1080. The zero-order valence-electron chi connectivity index (χ0n) is 14.3. The summed E-state index contributed by atoms with van der Waals surface area (Å²) in [6.45, 7) is 0. The fourth-order valence-corrected chi connectivity index (χ4v) is 3.20. The molecule has 0 N–H and O–H groups in total. The number of hydrogen-bond acceptors (Lipinski definition) is 6. The van der Waals surface area contributed by atoms with Crippen molar-refractivity contribution in [2.75, 3.05) is 20.5 Å². The zero-order valence-corrected chi connectivity index (χ0v) is 15.9. The van der Waals surface area contributed by atoms with Crippen molar-refractivity contribution >= 4 is 32.3 Å². The zero-order chi connectivity index (χ0) is 18.9. The summed E-state index contributed by atoms with van der Waals surface area (Å²) in [5.41, 5.74) is 0.466. The molecule has 0 saturated carbocycles. The number of methoxy groups -OCH3 is 2. The maximum absolute atomic E-state index is 11.7. The SMILES string of the molecule is COc1ccc(Oc2c(OC)ccc3nc(S(C)(=O)=O)ccc23)c(Cl)c1. The van der Waals surface area contributed by atoms with Crippen molar-refractivity contribution in [1.82, 2.24) is 4.98 Å². The summed E-state index contributed by atoms with van der Waals surface area (Å²) in [5, 5.41) is 0.955. The maximum atomic E-state index is 11.7. The summed E-state index contributed by atoms with van der Waals surface area (Å²) in [4.78, 5) is 4.20. The summed E-state index contributed by atoms with van der Waals surface area (Å²) < 4.78 is 39.9. The fourth-order valence-electron chi connectivity index (χ4n) is 2.41. The molecular weight excluding hydrogens is 378 g/mol. The van der Waals surface area contributed by atoms with Crippen molar-refractivity contribution in [2.45, 2.75) is 5.03 Å². The molecule has 1 heterocycles. The molecule has 0 saturated heterocycles. The van der Waals surface area contributed by atoms with Crippen LogP contribution in [0.15, 0.2) is 47.5 Å². The third kappa shape index (κ3) is 3.54. The Kier molecular flexibility index (Phi) is 4.93. The molecule has 0 aliphatic heterocycles. The van der Waals surface area contributed by atoms with E-state index in [0.29, 0.717) is 38.9 Å². The molecule has 3 rings (SSSR count). The van der Waals surface area contributed by atoms with E-state index in [-0.39, 0.29) is 5.03 Å². The highest BCUT2D eigenvalue weighted by atomic mass is 35.5. The van der Waals surface area contributed by atoms with Gasteiger partial charge in [-0.25, -0.2) is 13.4 Å². The molecule has 0 spiro atoms. The smallest absolute Gasteiger partial charge is 0.192 e. The van der Waals surface area contributed by atoms with Crippen molar-refractivity contribution in [3.8, 4) is 23.0 Å². The predicted molar refractivity (Wildman–Crippen MR) is 99.5 cm³/mol. The lowest BCUT2D eigenvalue weighted by molar-refractivity contribution is 0.380. The van der Waals surface area contributed by atoms with Gasteiger partial charge in [-0.3, -0.25) is 0 Å². The van der Waals surface area contributed by atoms with Crippen LogP contribution in [-0.4, -0.2) is 33.9 Å². The van der Waals surface area contributed by atoms with Crippen LogP contribution in [-0.2, 0) is 9.84 Å². The Morgan fingerprint density at radius 3 is 2.31 bits per heavy atom. The largest absolute Gasteiger partial charge is 0.497 e. The van der Waals surface area contributed by atoms with E-state index in [9.17, 15) is 8.42 Å². The highest BCUT2D eigenvalue weighted by Crippen LogP contribution is 2.41. The Hall–Kier alpha value is -2.51. The van der Waals surface area contributed by atoms with Gasteiger partial charge in [0.1, 0.15) is 11.5 Å². The van der Waals surface area contributed by atoms with Gasteiger partial charge in [-0.05, 0) is 36.4 Å². The van der Waals surface area contributed by atoms with Crippen LogP contribution in [0.1, 0.15) is 0 Å². The highest BCUT2D eigenvalue weighted by molar-refractivity contribution is 7.90. The first kappa shape index (κ1) is 18.3. The number of pyridine rings is 1. The van der Waals surface area contributed by atoms with Crippen LogP contribution in [0.25, 0.3) is 10.9 Å². The Morgan fingerprint density at radius 2 is 1.69 bits per heavy atom. The lowest BCUT2D eigenvalue weighted by Gasteiger charge is -2.14. The van der Waals surface area contributed by atoms with Crippen molar-refractivity contribution in [3.63, 3.8) is 0 Å². The van der Waals surface area contributed by atoms with Crippen LogP contribution >= 0.6 is 11.6 Å². The number of benzene rings is 2. The second-order valence-electron chi connectivity index (χ2n) is 5.48. The van der Waals surface area contributed by atoms with Gasteiger partial charge in [0.05, 0.1) is 24.8 Å². The van der Waals surface area contributed by atoms with Gasteiger partial charge in [0, 0.05) is 17.7 Å². The van der Waals surface area contributed by atoms with Gasteiger partial charge in [0.25, 0.3) is 0 Å². The molecule has 6 nitrogen and oxygen atoms in total. The summed E-state index contributed by atoms with van der Waals surface area (Å²) in [6.07, 6.45) is 1.11. The summed E-state index contributed by atoms with van der Waals surface area (Å²) in [5.74, 6) is 1.88. The summed E-state index contributed by atoms with van der Waals surface area (Å²) in [7, 11) is -0.352. The van der Waals surface area contributed by atoms with Gasteiger partial charge >= 0.3 is 0 Å². The van der Waals surface area contributed by atoms with E-state index in [4.69, 9.17) is 25.8 Å². The minimum absolute atomic E-state index is 0.0106. The molecule has 0 aliphatic rings. The second kappa shape index (κ2) is 7.01. The van der Waals surface area contributed by atoms with Gasteiger partial charge in [-0.15, -0.1) is 0 Å². The molecule has 2 aromatic carbocycles. The first-order valence-electron chi connectivity index (χ1n) is 7.52. The van der Waals surface area contributed by atoms with Gasteiger partial charge in [-0.2, -0.15) is 0 Å². The number of ether oxygens (including phenoxy) is 3. The molecule has 0 amide bonds. The Labute approximate surface area is 156 Å². The highest BCUT2D eigenvalue weighted by Gasteiger charge is 2.16. The summed E-state index contributed by atoms with van der Waals surface area (Å²) >= 11 is 6.25. The number of aromatic nitrogens is 1. The molecule has 0 radical (unpaired) electrons. The molecule has 26 heavy (non-hydrogen) atoms. The monoisotopic (exact) mass is 393 g/mol. The molecule has 8 heteroatoms. The van der Waals surface area contributed by atoms with E-state index in [1.165, 1.54) is 13.2 Å². The number of rotatable bonds is 5. The molecule has 1 aromatic heterocycles. The van der Waals surface area contributed by atoms with Gasteiger partial charge < -0.3 is 14.2 Å². The number of sulfone groups is 1. The van der Waals surface area contributed by atoms with Gasteiger partial charge in [-0.1, -0.05) is 11.6 Å². The minimum atomic E-state index is -3.41. The normalized spacial score (nSPS) is 11.4. The van der Waals surface area contributed by atoms with Crippen molar-refractivity contribution in [1.29, 1.82) is 0 Å². The molecule has 0 aliphatic carbocycles. The van der Waals surface area contributed by atoms with Crippen molar-refractivity contribution in [2.24, 2.45) is 0 Å². The first-order chi connectivity index (χ1) is 12.3. The minimum Gasteiger partial charge on any atom is -0.497 e. The maximum Gasteiger partial charge on any atom is 0.192 e. The quantitative estimate of drug-likeness (QED) is 0.649. The van der Waals surface area contributed by atoms with E-state index in [2.05, 4.69) is 4.98 Å². The van der Waals surface area contributed by atoms with E-state index in [0.717, 1.165) is 6.26 Å². The summed E-state index contributed by atoms with van der Waals surface area (Å²) in [6, 6.07) is 11.4. The molecule has 3 aromatic rings. The molecule has 136 valence electrons. The van der Waals surface area contributed by atoms with Crippen molar-refractivity contribution in [3.05, 3.63) is 47.5 Å². The third-order valence-electron chi connectivity index (χ3n) is 3.71. The molecule has 0 unspecified atom stereocenters. The predicted octanol–water partition coefficient (Wildman–Crippen LogP) is 4.10. The molecule has 0 bridgehead atoms. The molecular formula is C18H16ClNO5S. The van der Waals surface area contributed by atoms with Crippen LogP contribution in [0, 0.1) is 0 Å². The lowest BCUT2D eigenvalue weighted by atomic mass is 10.2. The Morgan fingerprint density at radius 1 is 0.962 bits per heavy atom. The number of hydrogen-bond donors (Lipinski definition) is 0. The van der Waals surface area contributed by atoms with E-state index in [1.807, 2.05) is 0 Å². The number of halogens is 1. The first-order valence-corrected chi connectivity index (χ1v) is 9.79. The third-order valence-corrected chi connectivity index (χ3v) is 4.99. The molecule has 0 atom stereocenters. The lowest BCUT2D eigenvalue weighted by Crippen LogP contribution is -2.01. The number of nitrogens with zero attached hydrogens (tertiary/aromatic N) is 1. The van der Waals surface area contributed by atoms with Gasteiger partial charge in [0.2, 0.25) is 0 Å². The second-order valence-corrected chi connectivity index (χ2v) is 7.85. The Balaban J connectivity index is 2.14. The van der Waals surface area contributed by atoms with E-state index >= 15 is 0 Å². The standard InChI is InChI=1S/C18H16ClNO5S/c1-23-11-4-7-15(13(19)10-11)25-18-12-5-9-17(26(3,21)22)20-14(12)6-8-16(18)24-2/h4-10H,1-3H3. The average Bonchev–Trinajstić information content (AvgIpc) is 2.62. The van der Waals surface area contributed by atoms with Crippen LogP contribution < -0.4 is 14.2 Å². The van der Waals surface area contributed by atoms with Crippen LogP contribution in [0.3, 0.4) is 0 Å². The van der Waals surface area contributed by atoms with Crippen LogP contribution in [0.4, 0.5) is 0 Å². The molecule has 0 fully saturated rings. The van der Waals surface area contributed by atoms with Gasteiger partial charge in [0.15, 0.2) is 26.4 Å². The number of fused-ring (bicyclic) bond motifs is 1. The van der Waals surface area contributed by atoms with E-state index < -0.39 is 9.84 Å². The fraction of sp³-hybridized carbons (Fsp3) is 0.167. The average molecular weight is 394 g/mol. The van der Waals surface area contributed by atoms with Crippen molar-refractivity contribution < 1.29 is 22.6 Å². The van der Waals surface area contributed by atoms with E-state index in [1.54, 1.807) is 43.5 Å².